The minimum Gasteiger partial charge on any atom is -0.393 e. The standard InChI is InChI=1S/C8H4Cl2N2O3/c9-6-5(7(10)12-2-11-6)3-1-4(13)15-8(3)14/h2-3H,1H2. The predicted octanol–water partition coefficient (Wildman–Crippen LogP) is 1.34. The van der Waals surface area contributed by atoms with Crippen molar-refractivity contribution in [3.05, 3.63) is 22.2 Å². The van der Waals surface area contributed by atoms with Gasteiger partial charge in [0.1, 0.15) is 16.6 Å². The van der Waals surface area contributed by atoms with Crippen LogP contribution in [0.5, 0.6) is 0 Å². The molecule has 1 fully saturated rings. The monoisotopic (exact) mass is 246 g/mol. The van der Waals surface area contributed by atoms with E-state index in [0.717, 1.165) is 0 Å². The summed E-state index contributed by atoms with van der Waals surface area (Å²) in [5, 5.41) is 0.123. The van der Waals surface area contributed by atoms with Crippen LogP contribution in [-0.4, -0.2) is 21.9 Å². The van der Waals surface area contributed by atoms with Gasteiger partial charge in [-0.15, -0.1) is 0 Å². The molecule has 0 saturated carbocycles. The van der Waals surface area contributed by atoms with Crippen LogP contribution in [0.4, 0.5) is 0 Å². The van der Waals surface area contributed by atoms with Gasteiger partial charge in [0.2, 0.25) is 0 Å². The number of nitrogens with zero attached hydrogens (tertiary/aromatic N) is 2. The average Bonchev–Trinajstić information content (AvgIpc) is 2.45. The van der Waals surface area contributed by atoms with Crippen molar-refractivity contribution >= 4 is 35.1 Å². The van der Waals surface area contributed by atoms with Crippen LogP contribution in [0.3, 0.4) is 0 Å². The van der Waals surface area contributed by atoms with Crippen LogP contribution < -0.4 is 0 Å². The molecule has 1 unspecified atom stereocenters. The van der Waals surface area contributed by atoms with E-state index in [-0.39, 0.29) is 22.3 Å². The Morgan fingerprint density at radius 1 is 1.27 bits per heavy atom. The van der Waals surface area contributed by atoms with Gasteiger partial charge in [0.15, 0.2) is 0 Å². The molecule has 0 N–H and O–H groups in total. The summed E-state index contributed by atoms with van der Waals surface area (Å²) < 4.78 is 4.39. The molecule has 7 heteroatoms. The summed E-state index contributed by atoms with van der Waals surface area (Å²) in [7, 11) is 0. The third-order valence-electron chi connectivity index (χ3n) is 2.00. The molecular weight excluding hydrogens is 243 g/mol. The van der Waals surface area contributed by atoms with Gasteiger partial charge in [-0.3, -0.25) is 9.59 Å². The van der Waals surface area contributed by atoms with Gasteiger partial charge in [0.25, 0.3) is 0 Å². The Morgan fingerprint density at radius 2 is 1.87 bits per heavy atom. The molecule has 0 spiro atoms. The summed E-state index contributed by atoms with van der Waals surface area (Å²) in [5.74, 6) is -2.06. The van der Waals surface area contributed by atoms with E-state index in [4.69, 9.17) is 23.2 Å². The zero-order valence-electron chi connectivity index (χ0n) is 7.24. The fourth-order valence-corrected chi connectivity index (χ4v) is 1.91. The van der Waals surface area contributed by atoms with Crippen molar-refractivity contribution in [1.82, 2.24) is 9.97 Å². The highest BCUT2D eigenvalue weighted by molar-refractivity contribution is 6.35. The third kappa shape index (κ3) is 1.80. The number of carbonyl (C=O) groups is 2. The number of hydrogen-bond donors (Lipinski definition) is 0. The maximum atomic E-state index is 11.3. The molecule has 1 aromatic rings. The summed E-state index contributed by atoms with van der Waals surface area (Å²) >= 11 is 11.5. The topological polar surface area (TPSA) is 69.2 Å². The van der Waals surface area contributed by atoms with Crippen LogP contribution in [0, 0.1) is 0 Å². The molecule has 0 amide bonds. The largest absolute Gasteiger partial charge is 0.393 e. The molecule has 1 atom stereocenters. The maximum absolute atomic E-state index is 11.3. The Bertz CT molecular complexity index is 429. The number of hydrogen-bond acceptors (Lipinski definition) is 5. The molecular formula is C8H4Cl2N2O3. The quantitative estimate of drug-likeness (QED) is 0.425. The highest BCUT2D eigenvalue weighted by Gasteiger charge is 2.38. The molecule has 2 rings (SSSR count). The second kappa shape index (κ2) is 3.75. The van der Waals surface area contributed by atoms with Crippen molar-refractivity contribution < 1.29 is 14.3 Å². The Hall–Kier alpha value is -1.20. The molecule has 1 aromatic heterocycles. The van der Waals surface area contributed by atoms with Gasteiger partial charge in [-0.05, 0) is 0 Å². The number of esters is 2. The van der Waals surface area contributed by atoms with Gasteiger partial charge in [-0.25, -0.2) is 9.97 Å². The van der Waals surface area contributed by atoms with Crippen LogP contribution in [0.15, 0.2) is 6.33 Å². The van der Waals surface area contributed by atoms with Gasteiger partial charge in [-0.2, -0.15) is 0 Å². The van der Waals surface area contributed by atoms with Crippen LogP contribution in [0.1, 0.15) is 17.9 Å². The molecule has 5 nitrogen and oxygen atoms in total. The molecule has 1 aliphatic heterocycles. The highest BCUT2D eigenvalue weighted by Crippen LogP contribution is 2.34. The van der Waals surface area contributed by atoms with Gasteiger partial charge < -0.3 is 4.74 Å². The summed E-state index contributed by atoms with van der Waals surface area (Å²) in [4.78, 5) is 29.6. The Labute approximate surface area is 94.4 Å². The third-order valence-corrected chi connectivity index (χ3v) is 2.61. The average molecular weight is 247 g/mol. The lowest BCUT2D eigenvalue weighted by atomic mass is 10.0. The lowest BCUT2D eigenvalue weighted by Crippen LogP contribution is -2.08. The number of carbonyl (C=O) groups excluding carboxylic acids is 2. The summed E-state index contributed by atoms with van der Waals surface area (Å²) in [6.45, 7) is 0. The minimum atomic E-state index is -0.793. The van der Waals surface area contributed by atoms with Gasteiger partial charge in [0.05, 0.1) is 12.3 Å². The summed E-state index contributed by atoms with van der Waals surface area (Å²) in [6, 6.07) is 0. The highest BCUT2D eigenvalue weighted by atomic mass is 35.5. The first kappa shape index (κ1) is 10.3. The molecule has 0 radical (unpaired) electrons. The molecule has 1 aliphatic rings. The zero-order chi connectivity index (χ0) is 11.0. The molecule has 15 heavy (non-hydrogen) atoms. The lowest BCUT2D eigenvalue weighted by Gasteiger charge is -2.07. The van der Waals surface area contributed by atoms with Crippen LogP contribution in [0.25, 0.3) is 0 Å². The predicted molar refractivity (Wildman–Crippen MR) is 50.5 cm³/mol. The number of ether oxygens (including phenoxy) is 1. The van der Waals surface area contributed by atoms with E-state index >= 15 is 0 Å². The van der Waals surface area contributed by atoms with E-state index in [9.17, 15) is 9.59 Å². The second-order valence-electron chi connectivity index (χ2n) is 2.92. The molecule has 0 bridgehead atoms. The fraction of sp³-hybridized carbons (Fsp3) is 0.250. The van der Waals surface area contributed by atoms with Crippen molar-refractivity contribution in [3.63, 3.8) is 0 Å². The number of halogens is 2. The van der Waals surface area contributed by atoms with Gasteiger partial charge >= 0.3 is 11.9 Å². The Balaban J connectivity index is 2.46. The summed E-state index contributed by atoms with van der Waals surface area (Å²) in [6.07, 6.45) is 1.10. The number of cyclic esters (lactones) is 2. The smallest absolute Gasteiger partial charge is 0.321 e. The van der Waals surface area contributed by atoms with Crippen molar-refractivity contribution in [2.75, 3.05) is 0 Å². The van der Waals surface area contributed by atoms with E-state index in [1.807, 2.05) is 0 Å². The summed E-state index contributed by atoms with van der Waals surface area (Å²) in [5.41, 5.74) is 0.247. The molecule has 78 valence electrons. The lowest BCUT2D eigenvalue weighted by molar-refractivity contribution is -0.152. The van der Waals surface area contributed by atoms with Crippen LogP contribution >= 0.6 is 23.2 Å². The molecule has 0 aromatic carbocycles. The van der Waals surface area contributed by atoms with E-state index in [1.54, 1.807) is 0 Å². The second-order valence-corrected chi connectivity index (χ2v) is 3.63. The molecule has 2 heterocycles. The van der Waals surface area contributed by atoms with Gasteiger partial charge in [0, 0.05) is 5.56 Å². The van der Waals surface area contributed by atoms with Crippen molar-refractivity contribution in [2.24, 2.45) is 0 Å². The van der Waals surface area contributed by atoms with E-state index in [1.165, 1.54) is 6.33 Å². The van der Waals surface area contributed by atoms with Crippen LogP contribution in [0.2, 0.25) is 10.3 Å². The van der Waals surface area contributed by atoms with Crippen LogP contribution in [-0.2, 0) is 14.3 Å². The zero-order valence-corrected chi connectivity index (χ0v) is 8.75. The first-order chi connectivity index (χ1) is 7.09. The van der Waals surface area contributed by atoms with Crippen molar-refractivity contribution in [1.29, 1.82) is 0 Å². The number of rotatable bonds is 1. The van der Waals surface area contributed by atoms with Crippen molar-refractivity contribution in [3.8, 4) is 0 Å². The Morgan fingerprint density at radius 3 is 2.33 bits per heavy atom. The van der Waals surface area contributed by atoms with E-state index in [2.05, 4.69) is 14.7 Å². The SMILES string of the molecule is O=C1CC(c2c(Cl)ncnc2Cl)C(=O)O1. The first-order valence-corrected chi connectivity index (χ1v) is 4.75. The molecule has 1 saturated heterocycles. The minimum absolute atomic E-state index is 0.0617. The first-order valence-electron chi connectivity index (χ1n) is 4.00. The normalized spacial score (nSPS) is 20.5. The molecule has 0 aliphatic carbocycles. The van der Waals surface area contributed by atoms with Crippen molar-refractivity contribution in [2.45, 2.75) is 12.3 Å². The van der Waals surface area contributed by atoms with E-state index in [0.29, 0.717) is 0 Å². The maximum Gasteiger partial charge on any atom is 0.321 e. The van der Waals surface area contributed by atoms with Gasteiger partial charge in [-0.1, -0.05) is 23.2 Å². The fourth-order valence-electron chi connectivity index (χ4n) is 1.34. The Kier molecular flexibility index (Phi) is 2.58. The number of aromatic nitrogens is 2. The van der Waals surface area contributed by atoms with E-state index < -0.39 is 17.9 Å².